The van der Waals surface area contributed by atoms with Crippen molar-refractivity contribution in [2.75, 3.05) is 13.1 Å². The third-order valence-corrected chi connectivity index (χ3v) is 3.77. The van der Waals surface area contributed by atoms with Crippen molar-refractivity contribution >= 4 is 0 Å². The Hall–Kier alpha value is -0.930. The molecule has 0 amide bonds. The van der Waals surface area contributed by atoms with E-state index in [1.807, 2.05) is 20.8 Å². The van der Waals surface area contributed by atoms with Gasteiger partial charge in [-0.05, 0) is 57.1 Å². The van der Waals surface area contributed by atoms with Crippen LogP contribution in [0.15, 0.2) is 18.2 Å². The Balaban J connectivity index is 3.08. The van der Waals surface area contributed by atoms with Crippen molar-refractivity contribution in [3.05, 3.63) is 35.1 Å². The first-order valence-electron chi connectivity index (χ1n) is 6.53. The highest BCUT2D eigenvalue weighted by Gasteiger charge is 2.34. The van der Waals surface area contributed by atoms with Gasteiger partial charge in [0.25, 0.3) is 0 Å². The largest absolute Gasteiger partial charge is 0.386 e. The summed E-state index contributed by atoms with van der Waals surface area (Å²) in [6.07, 6.45) is -0.627. The molecule has 1 rings (SSSR count). The summed E-state index contributed by atoms with van der Waals surface area (Å²) in [6.45, 7) is 11.8. The van der Waals surface area contributed by atoms with Gasteiger partial charge < -0.3 is 5.11 Å². The van der Waals surface area contributed by atoms with Crippen LogP contribution >= 0.6 is 0 Å². The van der Waals surface area contributed by atoms with Gasteiger partial charge in [0.1, 0.15) is 5.82 Å². The number of aliphatic hydroxyl groups excluding tert-OH is 1. The van der Waals surface area contributed by atoms with E-state index in [0.717, 1.165) is 24.2 Å². The van der Waals surface area contributed by atoms with E-state index in [2.05, 4.69) is 18.7 Å². The Bertz CT molecular complexity index is 399. The van der Waals surface area contributed by atoms with E-state index in [1.165, 1.54) is 12.1 Å². The van der Waals surface area contributed by atoms with Gasteiger partial charge in [0.2, 0.25) is 0 Å². The van der Waals surface area contributed by atoms with Gasteiger partial charge in [-0.25, -0.2) is 4.39 Å². The third kappa shape index (κ3) is 2.90. The summed E-state index contributed by atoms with van der Waals surface area (Å²) < 4.78 is 13.1. The summed E-state index contributed by atoms with van der Waals surface area (Å²) in [5, 5.41) is 10.6. The molecule has 1 aromatic rings. The molecular formula is C15H24FNO. The second-order valence-corrected chi connectivity index (χ2v) is 5.23. The lowest BCUT2D eigenvalue weighted by Crippen LogP contribution is -2.48. The maximum absolute atomic E-state index is 13.1. The Morgan fingerprint density at radius 3 is 2.28 bits per heavy atom. The summed E-state index contributed by atoms with van der Waals surface area (Å²) in [4.78, 5) is 2.21. The smallest absolute Gasteiger partial charge is 0.123 e. The molecule has 3 heteroatoms. The summed E-state index contributed by atoms with van der Waals surface area (Å²) in [6, 6.07) is 4.56. The molecule has 18 heavy (non-hydrogen) atoms. The van der Waals surface area contributed by atoms with E-state index in [-0.39, 0.29) is 11.4 Å². The maximum atomic E-state index is 13.1. The number of halogens is 1. The van der Waals surface area contributed by atoms with Crippen LogP contribution in [-0.2, 0) is 0 Å². The molecule has 102 valence electrons. The predicted octanol–water partition coefficient (Wildman–Crippen LogP) is 3.29. The fourth-order valence-corrected chi connectivity index (χ4v) is 2.54. The minimum Gasteiger partial charge on any atom is -0.386 e. The Morgan fingerprint density at radius 1 is 1.28 bits per heavy atom. The van der Waals surface area contributed by atoms with Crippen molar-refractivity contribution in [2.45, 2.75) is 46.3 Å². The zero-order valence-corrected chi connectivity index (χ0v) is 12.0. The van der Waals surface area contributed by atoms with E-state index in [0.29, 0.717) is 0 Å². The van der Waals surface area contributed by atoms with Crippen LogP contribution in [0.4, 0.5) is 4.39 Å². The quantitative estimate of drug-likeness (QED) is 0.870. The molecule has 1 atom stereocenters. The van der Waals surface area contributed by atoms with Gasteiger partial charge in [-0.15, -0.1) is 0 Å². The molecule has 0 heterocycles. The van der Waals surface area contributed by atoms with Gasteiger partial charge in [-0.3, -0.25) is 4.90 Å². The highest BCUT2D eigenvalue weighted by Crippen LogP contribution is 2.32. The highest BCUT2D eigenvalue weighted by molar-refractivity contribution is 5.30. The van der Waals surface area contributed by atoms with Crippen molar-refractivity contribution in [1.29, 1.82) is 0 Å². The molecular weight excluding hydrogens is 229 g/mol. The Morgan fingerprint density at radius 2 is 1.83 bits per heavy atom. The molecule has 1 N–H and O–H groups in total. The average Bonchev–Trinajstić information content (AvgIpc) is 2.29. The molecule has 0 aliphatic carbocycles. The van der Waals surface area contributed by atoms with E-state index in [9.17, 15) is 9.50 Å². The number of likely N-dealkylation sites (N-methyl/N-ethyl adjacent to an activating group) is 1. The lowest BCUT2D eigenvalue weighted by Gasteiger charge is -2.41. The van der Waals surface area contributed by atoms with Crippen molar-refractivity contribution in [3.8, 4) is 0 Å². The summed E-state index contributed by atoms with van der Waals surface area (Å²) >= 11 is 0. The molecule has 2 nitrogen and oxygen atoms in total. The first-order chi connectivity index (χ1) is 8.34. The molecule has 0 saturated carbocycles. The lowest BCUT2D eigenvalue weighted by molar-refractivity contribution is -0.00663. The Kier molecular flexibility index (Phi) is 4.88. The molecule has 1 aromatic carbocycles. The standard InChI is InChI=1S/C15H24FNO/c1-6-17(7-2)15(4,5)14(18)13-9-8-12(16)10-11(13)3/h8-10,14,18H,6-7H2,1-5H3. The second kappa shape index (κ2) is 5.81. The molecule has 0 spiro atoms. The zero-order valence-electron chi connectivity index (χ0n) is 12.0. The fourth-order valence-electron chi connectivity index (χ4n) is 2.54. The molecule has 0 aliphatic rings. The van der Waals surface area contributed by atoms with Gasteiger partial charge in [0.05, 0.1) is 6.10 Å². The predicted molar refractivity (Wildman–Crippen MR) is 73.1 cm³/mol. The van der Waals surface area contributed by atoms with Crippen molar-refractivity contribution in [1.82, 2.24) is 4.90 Å². The minimum absolute atomic E-state index is 0.260. The molecule has 0 aromatic heterocycles. The number of nitrogens with zero attached hydrogens (tertiary/aromatic N) is 1. The van der Waals surface area contributed by atoms with Crippen molar-refractivity contribution in [2.24, 2.45) is 0 Å². The van der Waals surface area contributed by atoms with Crippen LogP contribution in [0.25, 0.3) is 0 Å². The van der Waals surface area contributed by atoms with Crippen LogP contribution < -0.4 is 0 Å². The minimum atomic E-state index is -0.627. The molecule has 0 saturated heterocycles. The van der Waals surface area contributed by atoms with Crippen LogP contribution in [0.1, 0.15) is 44.9 Å². The van der Waals surface area contributed by atoms with E-state index < -0.39 is 6.10 Å². The monoisotopic (exact) mass is 253 g/mol. The van der Waals surface area contributed by atoms with Gasteiger partial charge >= 0.3 is 0 Å². The van der Waals surface area contributed by atoms with Crippen LogP contribution in [0.3, 0.4) is 0 Å². The SMILES string of the molecule is CCN(CC)C(C)(C)C(O)c1ccc(F)cc1C. The van der Waals surface area contributed by atoms with Gasteiger partial charge in [-0.1, -0.05) is 19.9 Å². The normalized spacial score (nSPS) is 14.0. The Labute approximate surface area is 109 Å². The number of rotatable bonds is 5. The molecule has 0 bridgehead atoms. The van der Waals surface area contributed by atoms with Crippen molar-refractivity contribution in [3.63, 3.8) is 0 Å². The fraction of sp³-hybridized carbons (Fsp3) is 0.600. The third-order valence-electron chi connectivity index (χ3n) is 3.77. The average molecular weight is 253 g/mol. The van der Waals surface area contributed by atoms with Crippen molar-refractivity contribution < 1.29 is 9.50 Å². The molecule has 0 fully saturated rings. The number of benzene rings is 1. The van der Waals surface area contributed by atoms with E-state index >= 15 is 0 Å². The zero-order chi connectivity index (χ0) is 13.9. The highest BCUT2D eigenvalue weighted by atomic mass is 19.1. The summed E-state index contributed by atoms with van der Waals surface area (Å²) in [5.74, 6) is -0.260. The maximum Gasteiger partial charge on any atom is 0.123 e. The van der Waals surface area contributed by atoms with Crippen LogP contribution in [0.5, 0.6) is 0 Å². The molecule has 0 radical (unpaired) electrons. The number of aliphatic hydroxyl groups is 1. The molecule has 0 aliphatic heterocycles. The lowest BCUT2D eigenvalue weighted by atomic mass is 9.87. The van der Waals surface area contributed by atoms with Crippen LogP contribution in [-0.4, -0.2) is 28.6 Å². The summed E-state index contributed by atoms with van der Waals surface area (Å²) in [5.41, 5.74) is 1.22. The van der Waals surface area contributed by atoms with E-state index in [1.54, 1.807) is 6.07 Å². The first-order valence-corrected chi connectivity index (χ1v) is 6.53. The van der Waals surface area contributed by atoms with Crippen LogP contribution in [0, 0.1) is 12.7 Å². The number of hydrogen-bond donors (Lipinski definition) is 1. The second-order valence-electron chi connectivity index (χ2n) is 5.23. The van der Waals surface area contributed by atoms with Gasteiger partial charge in [0.15, 0.2) is 0 Å². The number of hydrogen-bond acceptors (Lipinski definition) is 2. The summed E-state index contributed by atoms with van der Waals surface area (Å²) in [7, 11) is 0. The first kappa shape index (κ1) is 15.1. The van der Waals surface area contributed by atoms with E-state index in [4.69, 9.17) is 0 Å². The number of aryl methyl sites for hydroxylation is 1. The van der Waals surface area contributed by atoms with Gasteiger partial charge in [0, 0.05) is 5.54 Å². The van der Waals surface area contributed by atoms with Gasteiger partial charge in [-0.2, -0.15) is 0 Å². The van der Waals surface area contributed by atoms with Crippen LogP contribution in [0.2, 0.25) is 0 Å². The molecule has 1 unspecified atom stereocenters. The topological polar surface area (TPSA) is 23.5 Å².